The average Bonchev–Trinajstić information content (AvgIpc) is 3.47. The molecule has 30 heavy (non-hydrogen) atoms. The van der Waals surface area contributed by atoms with E-state index >= 15 is 0 Å². The molecular formula is C24H30N2O3S. The number of aryl methyl sites for hydroxylation is 1. The summed E-state index contributed by atoms with van der Waals surface area (Å²) in [6, 6.07) is 12.1. The van der Waals surface area contributed by atoms with Gasteiger partial charge in [0.2, 0.25) is 5.91 Å². The normalized spacial score (nSPS) is 19.8. The third-order valence-electron chi connectivity index (χ3n) is 6.12. The van der Waals surface area contributed by atoms with Crippen LogP contribution in [0, 0.1) is 6.92 Å². The first-order valence-corrected chi connectivity index (χ1v) is 11.8. The highest BCUT2D eigenvalue weighted by Crippen LogP contribution is 2.26. The Morgan fingerprint density at radius 2 is 1.93 bits per heavy atom. The van der Waals surface area contributed by atoms with Crippen molar-refractivity contribution >= 4 is 23.2 Å². The zero-order valence-corrected chi connectivity index (χ0v) is 18.4. The molecule has 2 heterocycles. The fraction of sp³-hybridized carbons (Fsp3) is 0.500. The minimum Gasteiger partial charge on any atom is -0.373 e. The molecule has 0 bridgehead atoms. The van der Waals surface area contributed by atoms with E-state index in [1.807, 2.05) is 58.5 Å². The maximum absolute atomic E-state index is 13.3. The molecule has 6 heteroatoms. The third kappa shape index (κ3) is 5.10. The SMILES string of the molecule is Cc1ccc(C(=O)N(CC2CN(C(=O)Cc3cccs3)CCO2)C2CCCC2)cc1. The van der Waals surface area contributed by atoms with Crippen LogP contribution in [0.15, 0.2) is 41.8 Å². The van der Waals surface area contributed by atoms with Gasteiger partial charge in [0.1, 0.15) is 0 Å². The number of hydrogen-bond acceptors (Lipinski definition) is 4. The van der Waals surface area contributed by atoms with Crippen LogP contribution >= 0.6 is 11.3 Å². The first-order chi connectivity index (χ1) is 14.6. The van der Waals surface area contributed by atoms with Crippen LogP contribution in [0.25, 0.3) is 0 Å². The average molecular weight is 427 g/mol. The molecule has 1 aromatic heterocycles. The third-order valence-corrected chi connectivity index (χ3v) is 7.00. The van der Waals surface area contributed by atoms with Crippen molar-refractivity contribution in [1.29, 1.82) is 0 Å². The van der Waals surface area contributed by atoms with Gasteiger partial charge in [-0.25, -0.2) is 0 Å². The number of morpholine rings is 1. The molecule has 2 aromatic rings. The summed E-state index contributed by atoms with van der Waals surface area (Å²) < 4.78 is 6.00. The van der Waals surface area contributed by atoms with E-state index in [1.165, 1.54) is 12.8 Å². The monoisotopic (exact) mass is 426 g/mol. The van der Waals surface area contributed by atoms with Crippen LogP contribution < -0.4 is 0 Å². The lowest BCUT2D eigenvalue weighted by Crippen LogP contribution is -2.52. The van der Waals surface area contributed by atoms with Gasteiger partial charge in [0.25, 0.3) is 5.91 Å². The lowest BCUT2D eigenvalue weighted by Gasteiger charge is -2.38. The molecule has 160 valence electrons. The first kappa shape index (κ1) is 21.1. The quantitative estimate of drug-likeness (QED) is 0.704. The minimum atomic E-state index is -0.138. The van der Waals surface area contributed by atoms with Crippen LogP contribution in [0.3, 0.4) is 0 Å². The van der Waals surface area contributed by atoms with Crippen LogP contribution in [0.1, 0.15) is 46.5 Å². The van der Waals surface area contributed by atoms with E-state index in [4.69, 9.17) is 4.74 Å². The van der Waals surface area contributed by atoms with Crippen LogP contribution in [0.5, 0.6) is 0 Å². The molecule has 4 rings (SSSR count). The smallest absolute Gasteiger partial charge is 0.254 e. The van der Waals surface area contributed by atoms with Gasteiger partial charge in [0.05, 0.1) is 19.1 Å². The molecule has 1 atom stereocenters. The summed E-state index contributed by atoms with van der Waals surface area (Å²) in [5, 5.41) is 2.00. The van der Waals surface area contributed by atoms with Gasteiger partial charge in [0.15, 0.2) is 0 Å². The summed E-state index contributed by atoms with van der Waals surface area (Å²) in [5.41, 5.74) is 1.88. The molecule has 2 aliphatic rings. The Labute approximate surface area is 182 Å². The van der Waals surface area contributed by atoms with Gasteiger partial charge in [-0.05, 0) is 43.3 Å². The molecule has 0 spiro atoms. The van der Waals surface area contributed by atoms with Crippen LogP contribution in [0.4, 0.5) is 0 Å². The van der Waals surface area contributed by atoms with Crippen molar-refractivity contribution in [1.82, 2.24) is 9.80 Å². The van der Waals surface area contributed by atoms with Gasteiger partial charge in [-0.1, -0.05) is 36.6 Å². The summed E-state index contributed by atoms with van der Waals surface area (Å²) in [7, 11) is 0. The number of carbonyl (C=O) groups excluding carboxylic acids is 2. The summed E-state index contributed by atoms with van der Waals surface area (Å²) in [4.78, 5) is 31.1. The van der Waals surface area contributed by atoms with Crippen molar-refractivity contribution in [3.63, 3.8) is 0 Å². The van der Waals surface area contributed by atoms with Crippen molar-refractivity contribution in [2.45, 2.75) is 51.2 Å². The van der Waals surface area contributed by atoms with Crippen molar-refractivity contribution in [3.05, 3.63) is 57.8 Å². The Morgan fingerprint density at radius 3 is 2.63 bits per heavy atom. The van der Waals surface area contributed by atoms with Crippen molar-refractivity contribution in [2.75, 3.05) is 26.2 Å². The molecule has 1 aliphatic heterocycles. The molecule has 1 aromatic carbocycles. The number of nitrogens with zero attached hydrogens (tertiary/aromatic N) is 2. The predicted octanol–water partition coefficient (Wildman–Crippen LogP) is 3.91. The number of amides is 2. The molecule has 0 radical (unpaired) electrons. The second-order valence-electron chi connectivity index (χ2n) is 8.35. The number of benzene rings is 1. The van der Waals surface area contributed by atoms with Gasteiger partial charge in [-0.2, -0.15) is 0 Å². The molecule has 5 nitrogen and oxygen atoms in total. The molecule has 1 saturated carbocycles. The van der Waals surface area contributed by atoms with Gasteiger partial charge < -0.3 is 14.5 Å². The largest absolute Gasteiger partial charge is 0.373 e. The van der Waals surface area contributed by atoms with E-state index in [-0.39, 0.29) is 24.0 Å². The highest BCUT2D eigenvalue weighted by atomic mass is 32.1. The molecule has 1 saturated heterocycles. The van der Waals surface area contributed by atoms with Crippen molar-refractivity contribution in [2.24, 2.45) is 0 Å². The Hall–Kier alpha value is -2.18. The van der Waals surface area contributed by atoms with Gasteiger partial charge in [-0.15, -0.1) is 11.3 Å². The zero-order valence-electron chi connectivity index (χ0n) is 17.6. The van der Waals surface area contributed by atoms with Gasteiger partial charge >= 0.3 is 0 Å². The molecule has 1 unspecified atom stereocenters. The van der Waals surface area contributed by atoms with Gasteiger partial charge in [0, 0.05) is 36.1 Å². The molecule has 2 fully saturated rings. The van der Waals surface area contributed by atoms with E-state index < -0.39 is 0 Å². The molecule has 2 amide bonds. The predicted molar refractivity (Wildman–Crippen MR) is 119 cm³/mol. The second-order valence-corrected chi connectivity index (χ2v) is 9.38. The number of hydrogen-bond donors (Lipinski definition) is 0. The first-order valence-electron chi connectivity index (χ1n) is 10.9. The lowest BCUT2D eigenvalue weighted by molar-refractivity contribution is -0.138. The highest BCUT2D eigenvalue weighted by Gasteiger charge is 2.32. The molecule has 1 aliphatic carbocycles. The Bertz CT molecular complexity index is 844. The van der Waals surface area contributed by atoms with Crippen molar-refractivity contribution in [3.8, 4) is 0 Å². The van der Waals surface area contributed by atoms with Crippen molar-refractivity contribution < 1.29 is 14.3 Å². The maximum Gasteiger partial charge on any atom is 0.254 e. The summed E-state index contributed by atoms with van der Waals surface area (Å²) in [6.45, 7) is 4.27. The molecular weight excluding hydrogens is 396 g/mol. The van der Waals surface area contributed by atoms with E-state index in [1.54, 1.807) is 11.3 Å². The van der Waals surface area contributed by atoms with Gasteiger partial charge in [-0.3, -0.25) is 9.59 Å². The number of thiophene rings is 1. The van der Waals surface area contributed by atoms with E-state index in [9.17, 15) is 9.59 Å². The summed E-state index contributed by atoms with van der Waals surface area (Å²) in [5.74, 6) is 0.218. The Kier molecular flexibility index (Phi) is 6.85. The zero-order chi connectivity index (χ0) is 20.9. The minimum absolute atomic E-state index is 0.0764. The van der Waals surface area contributed by atoms with E-state index in [2.05, 4.69) is 0 Å². The fourth-order valence-electron chi connectivity index (χ4n) is 4.43. The lowest BCUT2D eigenvalue weighted by atomic mass is 10.1. The number of ether oxygens (including phenoxy) is 1. The maximum atomic E-state index is 13.3. The molecule has 0 N–H and O–H groups in total. The van der Waals surface area contributed by atoms with E-state index in [0.29, 0.717) is 32.7 Å². The van der Waals surface area contributed by atoms with Crippen LogP contribution in [-0.4, -0.2) is 60.0 Å². The summed E-state index contributed by atoms with van der Waals surface area (Å²) >= 11 is 1.61. The number of carbonyl (C=O) groups is 2. The number of rotatable bonds is 6. The van der Waals surface area contributed by atoms with Crippen LogP contribution in [0.2, 0.25) is 0 Å². The summed E-state index contributed by atoms with van der Waals surface area (Å²) in [6.07, 6.45) is 4.73. The standard InChI is InChI=1S/C24H30N2O3S/c1-18-8-10-19(11-9-18)24(28)26(20-5-2-3-6-20)17-21-16-25(12-13-29-21)23(27)15-22-7-4-14-30-22/h4,7-11,14,20-21H,2-3,5-6,12-13,15-17H2,1H3. The van der Waals surface area contributed by atoms with Crippen LogP contribution in [-0.2, 0) is 16.0 Å². The highest BCUT2D eigenvalue weighted by molar-refractivity contribution is 7.10. The Balaban J connectivity index is 1.43. The van der Waals surface area contributed by atoms with E-state index in [0.717, 1.165) is 28.8 Å². The topological polar surface area (TPSA) is 49.9 Å². The second kappa shape index (κ2) is 9.75. The fourth-order valence-corrected chi connectivity index (χ4v) is 5.12. The Morgan fingerprint density at radius 1 is 1.17 bits per heavy atom.